The monoisotopic (exact) mass is 448 g/mol. The molecule has 0 bridgehead atoms. The lowest BCUT2D eigenvalue weighted by molar-refractivity contribution is 0.181. The lowest BCUT2D eigenvalue weighted by Gasteiger charge is -2.24. The molecule has 1 N–H and O–H groups in total. The van der Waals surface area contributed by atoms with E-state index in [1.54, 1.807) is 16.7 Å². The Balaban J connectivity index is 0.00000288. The fourth-order valence-electron chi connectivity index (χ4n) is 2.84. The van der Waals surface area contributed by atoms with E-state index in [9.17, 15) is 4.79 Å². The number of rotatable bonds is 7. The van der Waals surface area contributed by atoms with Crippen molar-refractivity contribution < 1.29 is 4.74 Å². The summed E-state index contributed by atoms with van der Waals surface area (Å²) in [6.07, 6.45) is 4.94. The Morgan fingerprint density at radius 1 is 1.46 bits per heavy atom. The predicted molar refractivity (Wildman–Crippen MR) is 108 cm³/mol. The van der Waals surface area contributed by atoms with Gasteiger partial charge in [0.2, 0.25) is 5.56 Å². The maximum atomic E-state index is 11.6. The number of hydrogen-bond acceptors (Lipinski definition) is 3. The first-order chi connectivity index (χ1) is 11.2. The van der Waals surface area contributed by atoms with Gasteiger partial charge in [-0.25, -0.2) is 0 Å². The van der Waals surface area contributed by atoms with Crippen molar-refractivity contribution in [3.63, 3.8) is 0 Å². The number of aromatic nitrogens is 1. The number of hydrogen-bond donors (Lipinski definition) is 1. The summed E-state index contributed by atoms with van der Waals surface area (Å²) in [5.74, 6) is 1.53. The molecule has 136 valence electrons. The average molecular weight is 448 g/mol. The zero-order valence-corrected chi connectivity index (χ0v) is 16.9. The van der Waals surface area contributed by atoms with Crippen LogP contribution in [0.25, 0.3) is 0 Å². The molecule has 0 radical (unpaired) electrons. The van der Waals surface area contributed by atoms with E-state index in [1.807, 2.05) is 19.3 Å². The van der Waals surface area contributed by atoms with Crippen molar-refractivity contribution in [3.8, 4) is 0 Å². The first-order valence-electron chi connectivity index (χ1n) is 8.35. The van der Waals surface area contributed by atoms with Crippen LogP contribution in [0.3, 0.4) is 0 Å². The third kappa shape index (κ3) is 6.80. The minimum atomic E-state index is 0. The summed E-state index contributed by atoms with van der Waals surface area (Å²) in [5, 5.41) is 3.39. The lowest BCUT2D eigenvalue weighted by atomic mass is 10.1. The molecule has 0 amide bonds. The largest absolute Gasteiger partial charge is 0.381 e. The van der Waals surface area contributed by atoms with Crippen LogP contribution in [-0.2, 0) is 11.3 Å². The second-order valence-corrected chi connectivity index (χ2v) is 6.02. The Hall–Kier alpha value is -1.09. The highest BCUT2D eigenvalue weighted by Gasteiger charge is 2.18. The van der Waals surface area contributed by atoms with Crippen molar-refractivity contribution in [2.75, 3.05) is 40.4 Å². The SMILES string of the molecule is CN=C(NCCCCn1ccccc1=O)N(C)CC1CCOC1.I. The Labute approximate surface area is 161 Å². The van der Waals surface area contributed by atoms with Gasteiger partial charge in [0.1, 0.15) is 0 Å². The smallest absolute Gasteiger partial charge is 0.250 e. The van der Waals surface area contributed by atoms with Crippen molar-refractivity contribution in [1.82, 2.24) is 14.8 Å². The number of ether oxygens (including phenoxy) is 1. The lowest BCUT2D eigenvalue weighted by Crippen LogP contribution is -2.41. The van der Waals surface area contributed by atoms with Crippen LogP contribution in [0.4, 0.5) is 0 Å². The fourth-order valence-corrected chi connectivity index (χ4v) is 2.84. The van der Waals surface area contributed by atoms with E-state index in [0.29, 0.717) is 5.92 Å². The zero-order chi connectivity index (χ0) is 16.5. The highest BCUT2D eigenvalue weighted by Crippen LogP contribution is 2.13. The molecule has 24 heavy (non-hydrogen) atoms. The maximum absolute atomic E-state index is 11.6. The molecular weight excluding hydrogens is 419 g/mol. The average Bonchev–Trinajstić information content (AvgIpc) is 3.05. The topological polar surface area (TPSA) is 58.9 Å². The molecule has 1 unspecified atom stereocenters. The van der Waals surface area contributed by atoms with Gasteiger partial charge in [0.15, 0.2) is 5.96 Å². The summed E-state index contributed by atoms with van der Waals surface area (Å²) in [4.78, 5) is 18.1. The minimum Gasteiger partial charge on any atom is -0.381 e. The molecule has 0 saturated carbocycles. The highest BCUT2D eigenvalue weighted by molar-refractivity contribution is 14.0. The van der Waals surface area contributed by atoms with E-state index in [4.69, 9.17) is 4.74 Å². The van der Waals surface area contributed by atoms with Gasteiger partial charge < -0.3 is 19.5 Å². The molecule has 1 atom stereocenters. The molecule has 0 aromatic carbocycles. The van der Waals surface area contributed by atoms with Crippen LogP contribution in [0.15, 0.2) is 34.2 Å². The summed E-state index contributed by atoms with van der Waals surface area (Å²) in [5.41, 5.74) is 0.0646. The van der Waals surface area contributed by atoms with Crippen molar-refractivity contribution in [3.05, 3.63) is 34.7 Å². The maximum Gasteiger partial charge on any atom is 0.250 e. The summed E-state index contributed by atoms with van der Waals surface area (Å²) < 4.78 is 7.17. The highest BCUT2D eigenvalue weighted by atomic mass is 127. The summed E-state index contributed by atoms with van der Waals surface area (Å²) in [6, 6.07) is 5.26. The number of nitrogens with zero attached hydrogens (tertiary/aromatic N) is 3. The van der Waals surface area contributed by atoms with Gasteiger partial charge in [-0.2, -0.15) is 0 Å². The normalized spacial score (nSPS) is 17.4. The number of nitrogens with one attached hydrogen (secondary N) is 1. The molecule has 2 rings (SSSR count). The molecule has 1 saturated heterocycles. The fraction of sp³-hybridized carbons (Fsp3) is 0.647. The Kier molecular flexibility index (Phi) is 10.0. The van der Waals surface area contributed by atoms with E-state index in [2.05, 4.69) is 22.3 Å². The van der Waals surface area contributed by atoms with Crippen LogP contribution in [0, 0.1) is 5.92 Å². The van der Waals surface area contributed by atoms with Crippen LogP contribution >= 0.6 is 24.0 Å². The van der Waals surface area contributed by atoms with E-state index >= 15 is 0 Å². The van der Waals surface area contributed by atoms with Crippen LogP contribution in [0.1, 0.15) is 19.3 Å². The van der Waals surface area contributed by atoms with Gasteiger partial charge in [-0.3, -0.25) is 9.79 Å². The molecule has 1 fully saturated rings. The standard InChI is InChI=1S/C17H28N4O2.HI/c1-18-17(20(2)13-15-8-12-23-14-15)19-9-4-6-11-21-10-5-3-7-16(21)22;/h3,5,7,10,15H,4,6,8-9,11-14H2,1-2H3,(H,18,19);1H. The van der Waals surface area contributed by atoms with Crippen molar-refractivity contribution in [2.45, 2.75) is 25.8 Å². The number of pyridine rings is 1. The molecule has 0 aliphatic carbocycles. The van der Waals surface area contributed by atoms with Crippen molar-refractivity contribution in [1.29, 1.82) is 0 Å². The van der Waals surface area contributed by atoms with E-state index in [-0.39, 0.29) is 29.5 Å². The van der Waals surface area contributed by atoms with Gasteiger partial charge in [-0.1, -0.05) is 6.07 Å². The Morgan fingerprint density at radius 3 is 2.96 bits per heavy atom. The molecule has 1 aliphatic heterocycles. The summed E-state index contributed by atoms with van der Waals surface area (Å²) >= 11 is 0. The van der Waals surface area contributed by atoms with E-state index in [0.717, 1.165) is 58.1 Å². The van der Waals surface area contributed by atoms with Crippen molar-refractivity contribution in [2.24, 2.45) is 10.9 Å². The van der Waals surface area contributed by atoms with Gasteiger partial charge >= 0.3 is 0 Å². The number of aryl methyl sites for hydroxylation is 1. The summed E-state index contributed by atoms with van der Waals surface area (Å²) in [6.45, 7) is 4.32. The first kappa shape index (κ1) is 21.0. The van der Waals surface area contributed by atoms with Gasteiger partial charge in [-0.15, -0.1) is 24.0 Å². The van der Waals surface area contributed by atoms with E-state index in [1.165, 1.54) is 0 Å². The predicted octanol–water partition coefficient (Wildman–Crippen LogP) is 1.79. The van der Waals surface area contributed by atoms with Gasteiger partial charge in [0.25, 0.3) is 0 Å². The van der Waals surface area contributed by atoms with Crippen LogP contribution < -0.4 is 10.9 Å². The second-order valence-electron chi connectivity index (χ2n) is 6.02. The molecular formula is C17H29IN4O2. The molecule has 1 aromatic heterocycles. The number of unbranched alkanes of at least 4 members (excludes halogenated alkanes) is 1. The molecule has 0 spiro atoms. The van der Waals surface area contributed by atoms with Crippen LogP contribution in [-0.4, -0.2) is 55.8 Å². The number of guanidine groups is 1. The molecule has 7 heteroatoms. The quantitative estimate of drug-likeness (QED) is 0.299. The van der Waals surface area contributed by atoms with Crippen molar-refractivity contribution >= 4 is 29.9 Å². The number of aliphatic imine (C=N–C) groups is 1. The first-order valence-corrected chi connectivity index (χ1v) is 8.35. The van der Waals surface area contributed by atoms with Crippen LogP contribution in [0.5, 0.6) is 0 Å². The molecule has 6 nitrogen and oxygen atoms in total. The summed E-state index contributed by atoms with van der Waals surface area (Å²) in [7, 11) is 3.88. The third-order valence-corrected chi connectivity index (χ3v) is 4.14. The molecule has 1 aromatic rings. The van der Waals surface area contributed by atoms with Gasteiger partial charge in [0, 0.05) is 58.5 Å². The molecule has 2 heterocycles. The number of halogens is 1. The van der Waals surface area contributed by atoms with Gasteiger partial charge in [0.05, 0.1) is 6.61 Å². The minimum absolute atomic E-state index is 0. The van der Waals surface area contributed by atoms with Gasteiger partial charge in [-0.05, 0) is 25.3 Å². The van der Waals surface area contributed by atoms with E-state index < -0.39 is 0 Å². The third-order valence-electron chi connectivity index (χ3n) is 4.14. The Morgan fingerprint density at radius 2 is 2.29 bits per heavy atom. The van der Waals surface area contributed by atoms with Crippen LogP contribution in [0.2, 0.25) is 0 Å². The second kappa shape index (κ2) is 11.5. The molecule has 1 aliphatic rings. The Bertz CT molecular complexity index is 556. The zero-order valence-electron chi connectivity index (χ0n) is 14.6.